The van der Waals surface area contributed by atoms with E-state index in [0.717, 1.165) is 5.57 Å². The summed E-state index contributed by atoms with van der Waals surface area (Å²) in [5.41, 5.74) is 1.35. The van der Waals surface area contributed by atoms with Gasteiger partial charge < -0.3 is 9.84 Å². The van der Waals surface area contributed by atoms with Crippen molar-refractivity contribution in [1.29, 1.82) is 0 Å². The molecule has 0 bridgehead atoms. The fourth-order valence-corrected chi connectivity index (χ4v) is 1.59. The lowest BCUT2D eigenvalue weighted by Gasteiger charge is -2.05. The smallest absolute Gasteiger partial charge is 0.228 e. The van der Waals surface area contributed by atoms with Gasteiger partial charge in [0.1, 0.15) is 0 Å². The molecular formula is C15H18O4. The molecule has 0 unspecified atom stereocenters. The first-order valence-corrected chi connectivity index (χ1v) is 6.03. The van der Waals surface area contributed by atoms with Crippen LogP contribution in [-0.4, -0.2) is 23.8 Å². The number of phenols is 1. The minimum Gasteiger partial charge on any atom is -0.504 e. The fraction of sp³-hybridized carbons (Fsp3) is 0.333. The highest BCUT2D eigenvalue weighted by Gasteiger charge is 2.17. The molecule has 0 aromatic heterocycles. The number of benzene rings is 1. The number of allylic oxidation sites excluding steroid dienone is 2. The van der Waals surface area contributed by atoms with E-state index in [9.17, 15) is 14.7 Å². The van der Waals surface area contributed by atoms with Gasteiger partial charge >= 0.3 is 0 Å². The Kier molecular flexibility index (Phi) is 5.30. The van der Waals surface area contributed by atoms with E-state index in [0.29, 0.717) is 6.42 Å². The van der Waals surface area contributed by atoms with Crippen molar-refractivity contribution >= 4 is 11.6 Å². The summed E-state index contributed by atoms with van der Waals surface area (Å²) in [6.45, 7) is 3.88. The maximum absolute atomic E-state index is 11.9. The first-order valence-electron chi connectivity index (χ1n) is 6.03. The molecule has 19 heavy (non-hydrogen) atoms. The summed E-state index contributed by atoms with van der Waals surface area (Å²) in [5, 5.41) is 9.43. The third-order valence-electron chi connectivity index (χ3n) is 2.62. The summed E-state index contributed by atoms with van der Waals surface area (Å²) in [4.78, 5) is 23.6. The van der Waals surface area contributed by atoms with Gasteiger partial charge in [-0.25, -0.2) is 0 Å². The highest BCUT2D eigenvalue weighted by atomic mass is 16.5. The summed E-state index contributed by atoms with van der Waals surface area (Å²) in [6, 6.07) is 4.13. The number of carbonyl (C=O) groups is 2. The molecule has 0 fully saturated rings. The molecule has 1 aromatic carbocycles. The molecule has 0 radical (unpaired) electrons. The van der Waals surface area contributed by atoms with Crippen LogP contribution in [0.5, 0.6) is 11.5 Å². The number of rotatable bonds is 6. The second kappa shape index (κ2) is 6.73. The molecule has 0 aliphatic carbocycles. The molecule has 0 saturated heterocycles. The minimum absolute atomic E-state index is 0.0592. The lowest BCUT2D eigenvalue weighted by Crippen LogP contribution is -2.13. The summed E-state index contributed by atoms with van der Waals surface area (Å²) in [6.07, 6.45) is 2.66. The molecule has 1 aromatic rings. The van der Waals surface area contributed by atoms with Crippen molar-refractivity contribution in [3.05, 3.63) is 35.4 Å². The predicted molar refractivity (Wildman–Crippen MR) is 72.7 cm³/mol. The van der Waals surface area contributed by atoms with Crippen LogP contribution in [0.1, 0.15) is 37.0 Å². The normalized spacial score (nSPS) is 9.84. The average molecular weight is 262 g/mol. The third kappa shape index (κ3) is 4.25. The Bertz CT molecular complexity index is 511. The van der Waals surface area contributed by atoms with E-state index in [1.165, 1.54) is 25.3 Å². The van der Waals surface area contributed by atoms with Crippen LogP contribution in [0.3, 0.4) is 0 Å². The minimum atomic E-state index is -0.555. The van der Waals surface area contributed by atoms with Crippen LogP contribution in [0.15, 0.2) is 29.8 Å². The molecule has 0 saturated carbocycles. The van der Waals surface area contributed by atoms with Crippen molar-refractivity contribution in [1.82, 2.24) is 0 Å². The highest BCUT2D eigenvalue weighted by molar-refractivity contribution is 6.43. The SMILES string of the molecule is COc1cc(C(=O)C(=O)CCC=C(C)C)ccc1O. The molecule has 4 nitrogen and oxygen atoms in total. The van der Waals surface area contributed by atoms with E-state index in [1.807, 2.05) is 19.9 Å². The topological polar surface area (TPSA) is 63.6 Å². The maximum atomic E-state index is 11.9. The quantitative estimate of drug-likeness (QED) is 0.486. The number of Topliss-reactive ketones (excluding diaryl/α,β-unsaturated/α-hetero) is 2. The van der Waals surface area contributed by atoms with Gasteiger partial charge in [-0.2, -0.15) is 0 Å². The monoisotopic (exact) mass is 262 g/mol. The molecule has 0 heterocycles. The third-order valence-corrected chi connectivity index (χ3v) is 2.62. The molecule has 0 spiro atoms. The fourth-order valence-electron chi connectivity index (χ4n) is 1.59. The Morgan fingerprint density at radius 2 is 2.00 bits per heavy atom. The number of hydrogen-bond acceptors (Lipinski definition) is 4. The van der Waals surface area contributed by atoms with Gasteiger partial charge in [-0.3, -0.25) is 9.59 Å². The Morgan fingerprint density at radius 1 is 1.32 bits per heavy atom. The summed E-state index contributed by atoms with van der Waals surface area (Å²) >= 11 is 0. The van der Waals surface area contributed by atoms with E-state index in [2.05, 4.69) is 0 Å². The Labute approximate surface area is 112 Å². The van der Waals surface area contributed by atoms with Gasteiger partial charge in [0, 0.05) is 12.0 Å². The van der Waals surface area contributed by atoms with Gasteiger partial charge in [-0.1, -0.05) is 11.6 Å². The lowest BCUT2D eigenvalue weighted by atomic mass is 10.0. The molecule has 0 atom stereocenters. The van der Waals surface area contributed by atoms with E-state index in [1.54, 1.807) is 0 Å². The van der Waals surface area contributed by atoms with E-state index < -0.39 is 11.6 Å². The number of phenolic OH excluding ortho intramolecular Hbond substituents is 1. The predicted octanol–water partition coefficient (Wildman–Crippen LogP) is 2.90. The summed E-state index contributed by atoms with van der Waals surface area (Å²) in [7, 11) is 1.39. The Morgan fingerprint density at radius 3 is 2.58 bits per heavy atom. The zero-order chi connectivity index (χ0) is 14.4. The van der Waals surface area contributed by atoms with E-state index >= 15 is 0 Å². The van der Waals surface area contributed by atoms with Gasteiger partial charge in [0.15, 0.2) is 11.5 Å². The van der Waals surface area contributed by atoms with Crippen molar-refractivity contribution in [3.8, 4) is 11.5 Å². The standard InChI is InChI=1S/C15H18O4/c1-10(2)5-4-6-13(17)15(18)11-7-8-12(16)14(9-11)19-3/h5,7-9,16H,4,6H2,1-3H3. The molecule has 1 N–H and O–H groups in total. The van der Waals surface area contributed by atoms with Crippen molar-refractivity contribution in [2.45, 2.75) is 26.7 Å². The van der Waals surface area contributed by atoms with Crippen LogP contribution < -0.4 is 4.74 Å². The van der Waals surface area contributed by atoms with Crippen LogP contribution in [0.2, 0.25) is 0 Å². The van der Waals surface area contributed by atoms with Crippen LogP contribution in [0.25, 0.3) is 0 Å². The summed E-state index contributed by atoms with van der Waals surface area (Å²) < 4.78 is 4.91. The Balaban J connectivity index is 2.77. The number of hydrogen-bond donors (Lipinski definition) is 1. The van der Waals surface area contributed by atoms with Crippen molar-refractivity contribution in [2.24, 2.45) is 0 Å². The van der Waals surface area contributed by atoms with Crippen LogP contribution in [0.4, 0.5) is 0 Å². The van der Waals surface area contributed by atoms with Crippen molar-refractivity contribution < 1.29 is 19.4 Å². The molecule has 4 heteroatoms. The zero-order valence-electron chi connectivity index (χ0n) is 11.4. The largest absolute Gasteiger partial charge is 0.504 e. The first-order chi connectivity index (χ1) is 8.95. The van der Waals surface area contributed by atoms with Crippen molar-refractivity contribution in [2.75, 3.05) is 7.11 Å². The van der Waals surface area contributed by atoms with Gasteiger partial charge in [-0.05, 0) is 38.5 Å². The van der Waals surface area contributed by atoms with Crippen LogP contribution >= 0.6 is 0 Å². The Hall–Kier alpha value is -2.10. The number of ether oxygens (including phenoxy) is 1. The molecule has 1 rings (SSSR count). The van der Waals surface area contributed by atoms with Gasteiger partial charge in [0.05, 0.1) is 7.11 Å². The summed E-state index contributed by atoms with van der Waals surface area (Å²) in [5.74, 6) is -0.871. The van der Waals surface area contributed by atoms with Gasteiger partial charge in [-0.15, -0.1) is 0 Å². The van der Waals surface area contributed by atoms with Gasteiger partial charge in [0.25, 0.3) is 0 Å². The highest BCUT2D eigenvalue weighted by Crippen LogP contribution is 2.26. The van der Waals surface area contributed by atoms with Crippen LogP contribution in [-0.2, 0) is 4.79 Å². The lowest BCUT2D eigenvalue weighted by molar-refractivity contribution is -0.115. The number of carbonyl (C=O) groups excluding carboxylic acids is 2. The molecule has 102 valence electrons. The second-order valence-corrected chi connectivity index (χ2v) is 4.46. The number of aromatic hydroxyl groups is 1. The number of methoxy groups -OCH3 is 1. The van der Waals surface area contributed by atoms with Crippen molar-refractivity contribution in [3.63, 3.8) is 0 Å². The molecule has 0 amide bonds. The molecule has 0 aliphatic heterocycles. The maximum Gasteiger partial charge on any atom is 0.228 e. The van der Waals surface area contributed by atoms with Crippen LogP contribution in [0, 0.1) is 0 Å². The molecular weight excluding hydrogens is 244 g/mol. The van der Waals surface area contributed by atoms with E-state index in [4.69, 9.17) is 4.74 Å². The van der Waals surface area contributed by atoms with E-state index in [-0.39, 0.29) is 23.5 Å². The molecule has 0 aliphatic rings. The number of ketones is 2. The average Bonchev–Trinajstić information content (AvgIpc) is 2.38. The first kappa shape index (κ1) is 15.0. The van der Waals surface area contributed by atoms with Gasteiger partial charge in [0.2, 0.25) is 11.6 Å². The second-order valence-electron chi connectivity index (χ2n) is 4.46. The zero-order valence-corrected chi connectivity index (χ0v) is 11.4.